The molecule has 0 amide bonds. The monoisotopic (exact) mass is 408 g/mol. The molecule has 0 saturated heterocycles. The largest absolute Gasteiger partial charge is 0.503 e. The van der Waals surface area contributed by atoms with E-state index >= 15 is 0 Å². The van der Waals surface area contributed by atoms with Gasteiger partial charge in [0.25, 0.3) is 5.69 Å². The fourth-order valence-corrected chi connectivity index (χ4v) is 3.55. The molecule has 2 N–H and O–H groups in total. The Morgan fingerprint density at radius 3 is 2.52 bits per heavy atom. The van der Waals surface area contributed by atoms with Crippen molar-refractivity contribution in [3.05, 3.63) is 81.3 Å². The number of nitro groups is 1. The molecule has 0 aliphatic carbocycles. The average Bonchev–Trinajstić information content (AvgIpc) is 3.35. The third-order valence-electron chi connectivity index (χ3n) is 4.25. The van der Waals surface area contributed by atoms with Crippen LogP contribution < -0.4 is 0 Å². The van der Waals surface area contributed by atoms with Crippen LogP contribution in [0, 0.1) is 10.1 Å². The third-order valence-corrected chi connectivity index (χ3v) is 4.93. The number of nitrogens with zero attached hydrogens (tertiary/aromatic N) is 4. The van der Waals surface area contributed by atoms with E-state index in [1.807, 2.05) is 0 Å². The van der Waals surface area contributed by atoms with Gasteiger partial charge in [0.1, 0.15) is 5.51 Å². The van der Waals surface area contributed by atoms with Crippen LogP contribution in [0.4, 0.5) is 5.69 Å². The molecular formula is C19H12N4O5S. The van der Waals surface area contributed by atoms with Gasteiger partial charge in [0.15, 0.2) is 11.5 Å². The van der Waals surface area contributed by atoms with Crippen LogP contribution in [0.2, 0.25) is 0 Å². The van der Waals surface area contributed by atoms with Gasteiger partial charge in [0.05, 0.1) is 16.2 Å². The molecular weight excluding hydrogens is 396 g/mol. The molecule has 9 nitrogen and oxygen atoms in total. The molecule has 0 radical (unpaired) electrons. The summed E-state index contributed by atoms with van der Waals surface area (Å²) >= 11 is 1.06. The third kappa shape index (κ3) is 3.11. The maximum absolute atomic E-state index is 13.2. The molecule has 2 heterocycles. The van der Waals surface area contributed by atoms with Crippen LogP contribution in [0.15, 0.2) is 60.1 Å². The molecule has 0 bridgehead atoms. The van der Waals surface area contributed by atoms with Gasteiger partial charge in [0, 0.05) is 23.3 Å². The minimum absolute atomic E-state index is 0.0781. The number of carbonyl (C=O) groups excluding carboxylic acids is 1. The molecule has 0 saturated carbocycles. The molecule has 0 atom stereocenters. The number of hydrogen-bond acceptors (Lipinski definition) is 8. The van der Waals surface area contributed by atoms with Crippen LogP contribution in [-0.2, 0) is 0 Å². The lowest BCUT2D eigenvalue weighted by Crippen LogP contribution is -2.05. The number of aromatic nitrogens is 3. The number of hydrogen-bond donors (Lipinski definition) is 2. The number of rotatable bonds is 5. The van der Waals surface area contributed by atoms with Crippen LogP contribution in [-0.4, -0.2) is 35.7 Å². The Bertz CT molecular complexity index is 1220. The standard InChI is InChI=1S/C19H12N4O5S/c24-16(11-5-2-1-3-6-11)14-15(12-7-4-8-13(9-12)23(27)28)22(18(26)17(14)25)19-21-20-10-29-19/h1-10,25-26H. The summed E-state index contributed by atoms with van der Waals surface area (Å²) in [6.45, 7) is 0. The summed E-state index contributed by atoms with van der Waals surface area (Å²) < 4.78 is 1.15. The van der Waals surface area contributed by atoms with Crippen molar-refractivity contribution in [1.82, 2.24) is 14.8 Å². The zero-order chi connectivity index (χ0) is 20.5. The summed E-state index contributed by atoms with van der Waals surface area (Å²) in [6.07, 6.45) is 0. The first-order valence-corrected chi connectivity index (χ1v) is 9.14. The first-order chi connectivity index (χ1) is 14.0. The molecule has 29 heavy (non-hydrogen) atoms. The Balaban J connectivity index is 2.04. The molecule has 0 unspecified atom stereocenters. The fraction of sp³-hybridized carbons (Fsp3) is 0. The second kappa shape index (κ2) is 7.17. The van der Waals surface area contributed by atoms with Crippen LogP contribution in [0.5, 0.6) is 11.6 Å². The topological polar surface area (TPSA) is 131 Å². The van der Waals surface area contributed by atoms with Crippen LogP contribution in [0.1, 0.15) is 15.9 Å². The molecule has 10 heteroatoms. The maximum Gasteiger partial charge on any atom is 0.270 e. The lowest BCUT2D eigenvalue weighted by atomic mass is 9.99. The zero-order valence-electron chi connectivity index (χ0n) is 14.6. The Morgan fingerprint density at radius 2 is 1.86 bits per heavy atom. The van der Waals surface area contributed by atoms with Gasteiger partial charge >= 0.3 is 0 Å². The van der Waals surface area contributed by atoms with Crippen molar-refractivity contribution in [3.63, 3.8) is 0 Å². The SMILES string of the molecule is O=C(c1ccccc1)c1c(O)c(O)n(-c2nncs2)c1-c1cccc([N+](=O)[O-])c1. The zero-order valence-corrected chi connectivity index (χ0v) is 15.4. The van der Waals surface area contributed by atoms with Crippen LogP contribution in [0.3, 0.4) is 0 Å². The molecule has 2 aromatic heterocycles. The number of nitro benzene ring substituents is 1. The molecule has 144 valence electrons. The van der Waals surface area contributed by atoms with E-state index < -0.39 is 22.3 Å². The van der Waals surface area contributed by atoms with E-state index in [0.29, 0.717) is 0 Å². The second-order valence-electron chi connectivity index (χ2n) is 5.96. The smallest absolute Gasteiger partial charge is 0.270 e. The predicted octanol–water partition coefficient (Wildman–Crippen LogP) is 3.55. The van der Waals surface area contributed by atoms with Crippen LogP contribution >= 0.6 is 11.3 Å². The quantitative estimate of drug-likeness (QED) is 0.293. The molecule has 0 spiro atoms. The van der Waals surface area contributed by atoms with Crippen molar-refractivity contribution in [2.24, 2.45) is 0 Å². The highest BCUT2D eigenvalue weighted by atomic mass is 32.1. The van der Waals surface area contributed by atoms with Gasteiger partial charge in [-0.1, -0.05) is 53.8 Å². The van der Waals surface area contributed by atoms with Gasteiger partial charge in [-0.15, -0.1) is 10.2 Å². The van der Waals surface area contributed by atoms with E-state index in [1.54, 1.807) is 36.4 Å². The maximum atomic E-state index is 13.2. The summed E-state index contributed by atoms with van der Waals surface area (Å²) in [5, 5.41) is 40.2. The van der Waals surface area contributed by atoms with Gasteiger partial charge in [0.2, 0.25) is 11.0 Å². The van der Waals surface area contributed by atoms with Crippen molar-refractivity contribution in [1.29, 1.82) is 0 Å². The molecule has 0 aliphatic heterocycles. The fourth-order valence-electron chi connectivity index (χ4n) is 2.99. The van der Waals surface area contributed by atoms with E-state index in [4.69, 9.17) is 0 Å². The summed E-state index contributed by atoms with van der Waals surface area (Å²) in [6, 6.07) is 13.8. The number of aromatic hydroxyl groups is 2. The summed E-state index contributed by atoms with van der Waals surface area (Å²) in [5.74, 6) is -1.80. The molecule has 4 aromatic rings. The normalized spacial score (nSPS) is 10.8. The Kier molecular flexibility index (Phi) is 4.53. The highest BCUT2D eigenvalue weighted by molar-refractivity contribution is 7.11. The summed E-state index contributed by atoms with van der Waals surface area (Å²) in [7, 11) is 0. The van der Waals surface area contributed by atoms with Crippen molar-refractivity contribution in [2.75, 3.05) is 0 Å². The van der Waals surface area contributed by atoms with E-state index in [-0.39, 0.29) is 33.2 Å². The van der Waals surface area contributed by atoms with Gasteiger partial charge in [-0.3, -0.25) is 19.5 Å². The number of carbonyl (C=O) groups is 1. The Hall–Kier alpha value is -4.05. The predicted molar refractivity (Wildman–Crippen MR) is 105 cm³/mol. The average molecular weight is 408 g/mol. The molecule has 4 rings (SSSR count). The lowest BCUT2D eigenvalue weighted by molar-refractivity contribution is -0.384. The van der Waals surface area contributed by atoms with E-state index in [1.165, 1.54) is 23.7 Å². The number of ketones is 1. The lowest BCUT2D eigenvalue weighted by Gasteiger charge is -2.09. The number of non-ortho nitro benzene ring substituents is 1. The first kappa shape index (κ1) is 18.3. The van der Waals surface area contributed by atoms with E-state index in [2.05, 4.69) is 10.2 Å². The van der Waals surface area contributed by atoms with Crippen molar-refractivity contribution < 1.29 is 19.9 Å². The minimum Gasteiger partial charge on any atom is -0.503 e. The highest BCUT2D eigenvalue weighted by Gasteiger charge is 2.31. The van der Waals surface area contributed by atoms with Gasteiger partial charge in [-0.05, 0) is 0 Å². The minimum atomic E-state index is -0.643. The highest BCUT2D eigenvalue weighted by Crippen LogP contribution is 2.44. The Morgan fingerprint density at radius 1 is 1.10 bits per heavy atom. The van der Waals surface area contributed by atoms with E-state index in [9.17, 15) is 25.1 Å². The molecule has 0 aliphatic rings. The second-order valence-corrected chi connectivity index (χ2v) is 6.77. The Labute approximate surface area is 167 Å². The summed E-state index contributed by atoms with van der Waals surface area (Å²) in [5.41, 5.74) is 1.64. The molecule has 0 fully saturated rings. The van der Waals surface area contributed by atoms with Gasteiger partial charge in [-0.25, -0.2) is 0 Å². The van der Waals surface area contributed by atoms with Crippen molar-refractivity contribution in [2.45, 2.75) is 0 Å². The van der Waals surface area contributed by atoms with E-state index in [0.717, 1.165) is 15.9 Å². The number of benzene rings is 2. The first-order valence-electron chi connectivity index (χ1n) is 8.26. The van der Waals surface area contributed by atoms with Crippen molar-refractivity contribution in [3.8, 4) is 28.0 Å². The van der Waals surface area contributed by atoms with Gasteiger partial charge in [-0.2, -0.15) is 0 Å². The summed E-state index contributed by atoms with van der Waals surface area (Å²) in [4.78, 5) is 23.8. The van der Waals surface area contributed by atoms with Gasteiger partial charge < -0.3 is 10.2 Å². The van der Waals surface area contributed by atoms with Crippen molar-refractivity contribution >= 4 is 22.8 Å². The van der Waals surface area contributed by atoms with Crippen LogP contribution in [0.25, 0.3) is 16.4 Å². The molecule has 2 aromatic carbocycles.